The summed E-state index contributed by atoms with van der Waals surface area (Å²) in [5.74, 6) is -7.42. The Morgan fingerprint density at radius 2 is 1.82 bits per heavy atom. The average molecular weight is 705 g/mol. The molecule has 3 N–H and O–H groups in total. The lowest BCUT2D eigenvalue weighted by molar-refractivity contribution is -0.211. The van der Waals surface area contributed by atoms with Gasteiger partial charge in [-0.3, -0.25) is 19.2 Å². The highest BCUT2D eigenvalue weighted by atomic mass is 16.6. The molecule has 276 valence electrons. The van der Waals surface area contributed by atoms with Gasteiger partial charge in [0.25, 0.3) is 0 Å². The van der Waals surface area contributed by atoms with Gasteiger partial charge in [-0.25, -0.2) is 4.79 Å². The van der Waals surface area contributed by atoms with E-state index in [2.05, 4.69) is 6.58 Å². The molecule has 13 atom stereocenters. The van der Waals surface area contributed by atoms with Crippen LogP contribution in [0.1, 0.15) is 85.6 Å². The summed E-state index contributed by atoms with van der Waals surface area (Å²) in [6.07, 6.45) is -3.78. The number of carboxylic acid groups (broad SMARTS) is 1. The van der Waals surface area contributed by atoms with E-state index < -0.39 is 119 Å². The number of carbonyl (C=O) groups is 5. The van der Waals surface area contributed by atoms with E-state index in [1.54, 1.807) is 19.9 Å². The summed E-state index contributed by atoms with van der Waals surface area (Å²) >= 11 is 0. The van der Waals surface area contributed by atoms with E-state index in [4.69, 9.17) is 28.1 Å². The van der Waals surface area contributed by atoms with Crippen LogP contribution in [0.25, 0.3) is 0 Å². The second kappa shape index (κ2) is 13.1. The minimum atomic E-state index is -1.75. The van der Waals surface area contributed by atoms with Crippen molar-refractivity contribution in [3.05, 3.63) is 36.3 Å². The third-order valence-corrected chi connectivity index (χ3v) is 12.1. The van der Waals surface area contributed by atoms with Crippen LogP contribution in [0.4, 0.5) is 0 Å². The largest absolute Gasteiger partial charge is 0.481 e. The summed E-state index contributed by atoms with van der Waals surface area (Å²) in [6, 6.07) is 1.74. The molecule has 1 spiro atoms. The molecule has 14 nitrogen and oxygen atoms in total. The first-order chi connectivity index (χ1) is 23.3. The summed E-state index contributed by atoms with van der Waals surface area (Å²) in [6.45, 7) is 14.8. The predicted molar refractivity (Wildman–Crippen MR) is 171 cm³/mol. The van der Waals surface area contributed by atoms with Crippen molar-refractivity contribution >= 4 is 29.8 Å². The Morgan fingerprint density at radius 1 is 1.16 bits per heavy atom. The second-order valence-corrected chi connectivity index (χ2v) is 15.1. The fourth-order valence-electron chi connectivity index (χ4n) is 9.70. The molecule has 1 aromatic heterocycles. The number of aliphatic hydroxyl groups excluding tert-OH is 1. The fraction of sp³-hybridized carbons (Fsp3) is 0.694. The smallest absolute Gasteiger partial charge is 0.348 e. The van der Waals surface area contributed by atoms with Crippen molar-refractivity contribution in [3.8, 4) is 0 Å². The lowest BCUT2D eigenvalue weighted by Crippen LogP contribution is -2.65. The van der Waals surface area contributed by atoms with Crippen LogP contribution in [0.5, 0.6) is 0 Å². The topological polar surface area (TPSA) is 205 Å². The van der Waals surface area contributed by atoms with Gasteiger partial charge < -0.3 is 43.4 Å². The number of aliphatic carboxylic acids is 1. The van der Waals surface area contributed by atoms with Crippen LogP contribution < -0.4 is 0 Å². The summed E-state index contributed by atoms with van der Waals surface area (Å²) in [5, 5.41) is 33.9. The van der Waals surface area contributed by atoms with E-state index in [-0.39, 0.29) is 12.8 Å². The number of aliphatic hydroxyl groups is 2. The maximum Gasteiger partial charge on any atom is 0.348 e. The molecule has 1 unspecified atom stereocenters. The molecule has 1 saturated carbocycles. The molecule has 3 saturated heterocycles. The van der Waals surface area contributed by atoms with E-state index in [0.717, 1.165) is 6.92 Å². The van der Waals surface area contributed by atoms with Gasteiger partial charge >= 0.3 is 29.8 Å². The van der Waals surface area contributed by atoms with Gasteiger partial charge in [-0.15, -0.1) is 0 Å². The van der Waals surface area contributed by atoms with Crippen LogP contribution >= 0.6 is 0 Å². The number of fused-ring (bicyclic) bond motifs is 1. The van der Waals surface area contributed by atoms with Crippen molar-refractivity contribution in [3.63, 3.8) is 0 Å². The molecule has 2 bridgehead atoms. The Bertz CT molecular complexity index is 1520. The van der Waals surface area contributed by atoms with Crippen LogP contribution in [-0.2, 0) is 47.7 Å². The van der Waals surface area contributed by atoms with E-state index >= 15 is 0 Å². The first-order valence-electron chi connectivity index (χ1n) is 17.0. The number of esters is 4. The predicted octanol–water partition coefficient (Wildman–Crippen LogP) is 3.07. The Hall–Kier alpha value is -3.75. The third-order valence-electron chi connectivity index (χ3n) is 12.1. The average Bonchev–Trinajstić information content (AvgIpc) is 3.77. The number of ether oxygens (including phenoxy) is 5. The number of furan rings is 1. The molecule has 0 aromatic carbocycles. The van der Waals surface area contributed by atoms with Crippen LogP contribution in [0.2, 0.25) is 0 Å². The highest BCUT2D eigenvalue weighted by Crippen LogP contribution is 2.75. The zero-order valence-electron chi connectivity index (χ0n) is 29.5. The van der Waals surface area contributed by atoms with E-state index in [1.807, 2.05) is 13.8 Å². The van der Waals surface area contributed by atoms with Crippen molar-refractivity contribution < 1.29 is 67.4 Å². The van der Waals surface area contributed by atoms with Gasteiger partial charge in [0.05, 0.1) is 37.1 Å². The van der Waals surface area contributed by atoms with Gasteiger partial charge in [0, 0.05) is 48.3 Å². The Kier molecular flexibility index (Phi) is 9.82. The summed E-state index contributed by atoms with van der Waals surface area (Å²) in [7, 11) is 0. The molecule has 4 fully saturated rings. The van der Waals surface area contributed by atoms with Gasteiger partial charge in [0.2, 0.25) is 6.10 Å². The van der Waals surface area contributed by atoms with E-state index in [9.17, 15) is 39.3 Å². The molecule has 1 aliphatic carbocycles. The molecule has 5 rings (SSSR count). The lowest BCUT2D eigenvalue weighted by Gasteiger charge is -2.57. The van der Waals surface area contributed by atoms with Crippen molar-refractivity contribution in [2.75, 3.05) is 6.61 Å². The number of hydrogen-bond acceptors (Lipinski definition) is 13. The monoisotopic (exact) mass is 704 g/mol. The SMILES string of the molecule is C=C1[C@@H]([C@](C)([C@H](CC(=O)O)OC(C)=O)[C@H]2CC(=O)OC[C@@]2(C)O)[C@@H]2O[C@]13[C@H](O)C[C@@H](c1ccoc1)[C@]3(C)[C@H]2OC(=O)[C@@H](OC(C)=O)C(C)CC. The quantitative estimate of drug-likeness (QED) is 0.163. The molecule has 0 amide bonds. The minimum Gasteiger partial charge on any atom is -0.481 e. The lowest BCUT2D eigenvalue weighted by atomic mass is 9.48. The van der Waals surface area contributed by atoms with Crippen LogP contribution in [0.15, 0.2) is 35.2 Å². The van der Waals surface area contributed by atoms with Crippen LogP contribution in [-0.4, -0.2) is 93.5 Å². The molecular formula is C36H48O14. The summed E-state index contributed by atoms with van der Waals surface area (Å²) < 4.78 is 35.1. The zero-order chi connectivity index (χ0) is 37.1. The number of carbonyl (C=O) groups excluding carboxylic acids is 4. The van der Waals surface area contributed by atoms with Crippen LogP contribution in [0.3, 0.4) is 0 Å². The number of hydrogen-bond donors (Lipinski definition) is 3. The van der Waals surface area contributed by atoms with Gasteiger partial charge in [-0.05, 0) is 37.0 Å². The highest BCUT2D eigenvalue weighted by Gasteiger charge is 2.83. The maximum atomic E-state index is 14.1. The third kappa shape index (κ3) is 5.63. The first-order valence-corrected chi connectivity index (χ1v) is 17.0. The number of cyclic esters (lactones) is 1. The van der Waals surface area contributed by atoms with Crippen molar-refractivity contribution in [2.45, 2.75) is 122 Å². The second-order valence-electron chi connectivity index (χ2n) is 15.1. The van der Waals surface area contributed by atoms with E-state index in [0.29, 0.717) is 17.6 Å². The normalized spacial score (nSPS) is 37.5. The highest BCUT2D eigenvalue weighted by molar-refractivity contribution is 5.79. The molecule has 0 radical (unpaired) electrons. The Labute approximate surface area is 290 Å². The van der Waals surface area contributed by atoms with Crippen LogP contribution in [0, 0.1) is 28.6 Å². The molecule has 3 aliphatic heterocycles. The number of carboxylic acids is 1. The maximum absolute atomic E-state index is 14.1. The molecule has 4 aliphatic rings. The molecular weight excluding hydrogens is 656 g/mol. The Balaban J connectivity index is 1.73. The minimum absolute atomic E-state index is 0.133. The van der Waals surface area contributed by atoms with E-state index in [1.165, 1.54) is 26.4 Å². The zero-order valence-corrected chi connectivity index (χ0v) is 29.5. The Morgan fingerprint density at radius 3 is 2.38 bits per heavy atom. The molecule has 4 heterocycles. The standard InChI is InChI=1S/C36H48O14/c1-9-17(2)29(48-20(5)38)32(43)49-31-30-28(18(3)36(50-30)24(39)12-22(35(31,36)8)21-10-11-45-15-21)34(7,25(14-26(40)41)47-19(4)37)23-13-27(42)46-16-33(23,6)44/h10-11,15,17,22-25,28-31,39,44H,3,9,12-14,16H2,1-2,4-8H3,(H,40,41)/t17?,22-,23-,24+,25-,28+,29-,30-,31-,33+,34-,35+,36-/m0/s1. The summed E-state index contributed by atoms with van der Waals surface area (Å²) in [5.41, 5.74) is -5.18. The first kappa shape index (κ1) is 37.5. The van der Waals surface area contributed by atoms with Gasteiger partial charge in [-0.2, -0.15) is 0 Å². The van der Waals surface area contributed by atoms with Gasteiger partial charge in [0.15, 0.2) is 0 Å². The molecule has 50 heavy (non-hydrogen) atoms. The fourth-order valence-corrected chi connectivity index (χ4v) is 9.70. The van der Waals surface area contributed by atoms with Crippen molar-refractivity contribution in [2.24, 2.45) is 28.6 Å². The molecule has 14 heteroatoms. The molecule has 1 aromatic rings. The van der Waals surface area contributed by atoms with Crippen molar-refractivity contribution in [1.29, 1.82) is 0 Å². The number of rotatable bonds is 12. The van der Waals surface area contributed by atoms with Crippen molar-refractivity contribution in [1.82, 2.24) is 0 Å². The van der Waals surface area contributed by atoms with Gasteiger partial charge in [-0.1, -0.05) is 34.3 Å². The summed E-state index contributed by atoms with van der Waals surface area (Å²) in [4.78, 5) is 64.1. The van der Waals surface area contributed by atoms with Gasteiger partial charge in [0.1, 0.15) is 30.5 Å².